The van der Waals surface area contributed by atoms with Crippen molar-refractivity contribution in [1.82, 2.24) is 28.9 Å². The van der Waals surface area contributed by atoms with E-state index in [0.717, 1.165) is 24.0 Å². The normalized spacial score (nSPS) is 9.96. The smallest absolute Gasteiger partial charge is 1.00 e. The number of aromatic nitrogens is 4. The average molecular weight is 847 g/mol. The van der Waals surface area contributed by atoms with Gasteiger partial charge in [-0.15, -0.1) is 0 Å². The molecule has 2 heterocycles. The first-order valence-corrected chi connectivity index (χ1v) is 16.3. The van der Waals surface area contributed by atoms with Crippen molar-refractivity contribution in [2.45, 2.75) is 40.5 Å². The van der Waals surface area contributed by atoms with Crippen LogP contribution in [0.4, 0.5) is 9.59 Å². The Bertz CT molecular complexity index is 1400. The summed E-state index contributed by atoms with van der Waals surface area (Å²) in [4.78, 5) is 36.0. The first kappa shape index (κ1) is 46.7. The summed E-state index contributed by atoms with van der Waals surface area (Å²) in [7, 11) is 0. The largest absolute Gasteiger partial charge is 2.00 e. The predicted octanol–water partition coefficient (Wildman–Crippen LogP) is 2.52. The number of hydrogen-bond donors (Lipinski definition) is 0. The zero-order chi connectivity index (χ0) is 33.6. The van der Waals surface area contributed by atoms with Gasteiger partial charge in [-0.05, 0) is 62.1 Å². The second-order valence-corrected chi connectivity index (χ2v) is 11.9. The second-order valence-electron chi connectivity index (χ2n) is 10.2. The van der Waals surface area contributed by atoms with Crippen LogP contribution in [-0.4, -0.2) is 80.4 Å². The van der Waals surface area contributed by atoms with Crippen molar-refractivity contribution in [2.75, 3.05) is 39.4 Å². The Labute approximate surface area is 330 Å². The van der Waals surface area contributed by atoms with E-state index >= 15 is 0 Å². The van der Waals surface area contributed by atoms with Gasteiger partial charge in [0.15, 0.2) is 0 Å². The van der Waals surface area contributed by atoms with Gasteiger partial charge in [0, 0.05) is 47.9 Å². The minimum absolute atomic E-state index is 0. The molecule has 0 N–H and O–H groups in total. The molecule has 17 heteroatoms. The molecule has 2 aromatic carbocycles. The monoisotopic (exact) mass is 843 g/mol. The van der Waals surface area contributed by atoms with Gasteiger partial charge in [-0.3, -0.25) is 9.13 Å². The van der Waals surface area contributed by atoms with E-state index in [-0.39, 0.29) is 53.9 Å². The quantitative estimate of drug-likeness (QED) is 0.204. The fourth-order valence-electron chi connectivity index (χ4n) is 4.48. The Hall–Kier alpha value is -2.34. The van der Waals surface area contributed by atoms with E-state index in [4.69, 9.17) is 55.9 Å². The maximum atomic E-state index is 12.4. The fraction of sp³-hybridized carbons (Fsp3) is 0.375. The summed E-state index contributed by atoms with van der Waals surface area (Å²) >= 11 is 24.2. The maximum absolute atomic E-state index is 12.4. The van der Waals surface area contributed by atoms with E-state index in [1.165, 1.54) is 21.8 Å². The van der Waals surface area contributed by atoms with E-state index in [9.17, 15) is 9.59 Å². The van der Waals surface area contributed by atoms with Gasteiger partial charge in [-0.2, -0.15) is 0 Å². The Kier molecular flexibility index (Phi) is 22.8. The third kappa shape index (κ3) is 14.4. The Morgan fingerprint density at radius 3 is 1.33 bits per heavy atom. The molecular formula is C32H38Cl6CuN6O4. The first-order chi connectivity index (χ1) is 22.0. The van der Waals surface area contributed by atoms with Crippen LogP contribution in [0.15, 0.2) is 61.7 Å². The van der Waals surface area contributed by atoms with Crippen LogP contribution in [0.25, 0.3) is 0 Å². The standard InChI is InChI=1S/2C16H19Cl2N3O2.2ClH.Cu/c2*1-3-5-20(16(22)21-6-4-19-11-21)7-8-23-15-12(2)9-13(17)10-14(15)18;;;/h2*4,6,9-11H,3,5,7-8H2,1-2H3;2*1H;/q;;;;+2/p-2. The van der Waals surface area contributed by atoms with Gasteiger partial charge in [0.1, 0.15) is 37.4 Å². The number of ether oxygens (including phenoxy) is 2. The van der Waals surface area contributed by atoms with E-state index in [2.05, 4.69) is 9.97 Å². The van der Waals surface area contributed by atoms with Crippen molar-refractivity contribution >= 4 is 58.5 Å². The molecule has 1 radical (unpaired) electrons. The van der Waals surface area contributed by atoms with Crippen LogP contribution >= 0.6 is 46.4 Å². The molecule has 2 aromatic heterocycles. The van der Waals surface area contributed by atoms with Crippen molar-refractivity contribution in [3.63, 3.8) is 0 Å². The summed E-state index contributed by atoms with van der Waals surface area (Å²) in [5.74, 6) is 1.20. The first-order valence-electron chi connectivity index (χ1n) is 14.8. The van der Waals surface area contributed by atoms with Crippen molar-refractivity contribution in [1.29, 1.82) is 0 Å². The van der Waals surface area contributed by atoms with Crippen LogP contribution in [0.3, 0.4) is 0 Å². The van der Waals surface area contributed by atoms with Crippen LogP contribution in [0, 0.1) is 13.8 Å². The summed E-state index contributed by atoms with van der Waals surface area (Å²) in [6.07, 6.45) is 11.1. The summed E-state index contributed by atoms with van der Waals surface area (Å²) in [5, 5.41) is 2.08. The molecule has 49 heavy (non-hydrogen) atoms. The Balaban J connectivity index is 0.000000886. The molecule has 10 nitrogen and oxygen atoms in total. The number of hydrogen-bond acceptors (Lipinski definition) is 6. The van der Waals surface area contributed by atoms with Crippen LogP contribution in [-0.2, 0) is 17.1 Å². The van der Waals surface area contributed by atoms with Gasteiger partial charge in [0.25, 0.3) is 0 Å². The number of halogens is 6. The number of imidazole rings is 2. The zero-order valence-corrected chi connectivity index (χ0v) is 32.8. The zero-order valence-electron chi connectivity index (χ0n) is 27.3. The second kappa shape index (κ2) is 24.0. The third-order valence-corrected chi connectivity index (χ3v) is 7.58. The van der Waals surface area contributed by atoms with Crippen LogP contribution in [0.5, 0.6) is 11.5 Å². The van der Waals surface area contributed by atoms with Crippen LogP contribution in [0.2, 0.25) is 20.1 Å². The number of benzene rings is 2. The number of carbonyl (C=O) groups is 2. The molecule has 0 unspecified atom stereocenters. The summed E-state index contributed by atoms with van der Waals surface area (Å²) in [5.41, 5.74) is 1.73. The SMILES string of the molecule is CCCN(CCOc1c(C)cc(Cl)cc1Cl)C(=O)n1ccnc1.CCCN(CCOc1c(C)cc(Cl)cc1Cl)C(=O)n1ccnc1.[Cl-].[Cl-].[Cu+2]. The van der Waals surface area contributed by atoms with Gasteiger partial charge in [0.2, 0.25) is 0 Å². The molecule has 0 aliphatic heterocycles. The molecular weight excluding hydrogens is 809 g/mol. The van der Waals surface area contributed by atoms with E-state index < -0.39 is 0 Å². The molecule has 4 aromatic rings. The van der Waals surface area contributed by atoms with E-state index in [1.807, 2.05) is 27.7 Å². The van der Waals surface area contributed by atoms with E-state index in [1.54, 1.807) is 58.9 Å². The maximum Gasteiger partial charge on any atom is 2.00 e. The number of aryl methyl sites for hydroxylation is 2. The van der Waals surface area contributed by atoms with Crippen LogP contribution in [0.1, 0.15) is 37.8 Å². The molecule has 0 saturated carbocycles. The predicted molar refractivity (Wildman–Crippen MR) is 183 cm³/mol. The summed E-state index contributed by atoms with van der Waals surface area (Å²) in [6.45, 7) is 10.7. The van der Waals surface area contributed by atoms with Gasteiger partial charge in [0.05, 0.1) is 23.1 Å². The number of rotatable bonds is 12. The molecule has 0 spiro atoms. The molecule has 0 fully saturated rings. The van der Waals surface area contributed by atoms with Crippen molar-refractivity contribution in [3.8, 4) is 11.5 Å². The van der Waals surface area contributed by atoms with Crippen molar-refractivity contribution in [2.24, 2.45) is 0 Å². The average Bonchev–Trinajstić information content (AvgIpc) is 3.74. The van der Waals surface area contributed by atoms with Crippen molar-refractivity contribution in [3.05, 3.63) is 92.9 Å². The molecule has 0 aliphatic carbocycles. The third-order valence-electron chi connectivity index (χ3n) is 6.58. The molecule has 2 amide bonds. The Morgan fingerprint density at radius 2 is 1.04 bits per heavy atom. The summed E-state index contributed by atoms with van der Waals surface area (Å²) in [6, 6.07) is 6.64. The number of carbonyl (C=O) groups excluding carboxylic acids is 2. The number of amides is 2. The Morgan fingerprint density at radius 1 is 0.673 bits per heavy atom. The molecule has 0 atom stereocenters. The molecule has 4 rings (SSSR count). The summed E-state index contributed by atoms with van der Waals surface area (Å²) < 4.78 is 14.4. The fourth-order valence-corrected chi connectivity index (χ4v) is 5.78. The van der Waals surface area contributed by atoms with Crippen molar-refractivity contribution < 1.29 is 60.9 Å². The van der Waals surface area contributed by atoms with E-state index in [0.29, 0.717) is 71.0 Å². The molecule has 273 valence electrons. The van der Waals surface area contributed by atoms with Gasteiger partial charge in [-0.1, -0.05) is 60.3 Å². The van der Waals surface area contributed by atoms with Gasteiger partial charge < -0.3 is 44.1 Å². The van der Waals surface area contributed by atoms with Gasteiger partial charge in [-0.25, -0.2) is 19.6 Å². The van der Waals surface area contributed by atoms with Gasteiger partial charge >= 0.3 is 29.1 Å². The number of nitrogens with zero attached hydrogens (tertiary/aromatic N) is 6. The van der Waals surface area contributed by atoms with Crippen LogP contribution < -0.4 is 34.3 Å². The topological polar surface area (TPSA) is 94.7 Å². The minimum Gasteiger partial charge on any atom is -1.00 e. The molecule has 0 aliphatic rings. The minimum atomic E-state index is -0.119. The molecule has 0 saturated heterocycles. The molecule has 0 bridgehead atoms.